The summed E-state index contributed by atoms with van der Waals surface area (Å²) in [6.07, 6.45) is 0. The summed E-state index contributed by atoms with van der Waals surface area (Å²) in [6, 6.07) is 1.88. The zero-order valence-corrected chi connectivity index (χ0v) is 8.32. The van der Waals surface area contributed by atoms with Crippen LogP contribution >= 0.6 is 0 Å². The molecule has 4 nitrogen and oxygen atoms in total. The lowest BCUT2D eigenvalue weighted by molar-refractivity contribution is 0.224. The average Bonchev–Trinajstić information content (AvgIpc) is 2.46. The van der Waals surface area contributed by atoms with Crippen LogP contribution in [-0.4, -0.2) is 28.1 Å². The lowest BCUT2D eigenvalue weighted by atomic mass is 10.3. The molecule has 1 rings (SSSR count). The minimum absolute atomic E-state index is 0.00852. The SMILES string of the molecule is CCOc1cc(C)n([C@H](C)CO)n1. The van der Waals surface area contributed by atoms with Crippen molar-refractivity contribution in [2.24, 2.45) is 0 Å². The second kappa shape index (κ2) is 4.28. The van der Waals surface area contributed by atoms with E-state index in [1.165, 1.54) is 0 Å². The first-order chi connectivity index (χ1) is 6.19. The number of aliphatic hydroxyl groups is 1. The van der Waals surface area contributed by atoms with Gasteiger partial charge in [-0.15, -0.1) is 5.10 Å². The van der Waals surface area contributed by atoms with Crippen molar-refractivity contribution in [1.82, 2.24) is 9.78 Å². The Hall–Kier alpha value is -1.03. The van der Waals surface area contributed by atoms with Crippen molar-refractivity contribution in [3.05, 3.63) is 11.8 Å². The molecule has 1 aromatic rings. The Bertz CT molecular complexity index is 271. The van der Waals surface area contributed by atoms with Crippen molar-refractivity contribution in [3.63, 3.8) is 0 Å². The van der Waals surface area contributed by atoms with Crippen LogP contribution < -0.4 is 4.74 Å². The zero-order chi connectivity index (χ0) is 9.84. The van der Waals surface area contributed by atoms with Gasteiger partial charge in [0.15, 0.2) is 0 Å². The molecule has 0 aliphatic carbocycles. The molecule has 1 N–H and O–H groups in total. The largest absolute Gasteiger partial charge is 0.477 e. The van der Waals surface area contributed by atoms with Crippen LogP contribution in [0.5, 0.6) is 5.88 Å². The molecule has 0 spiro atoms. The molecular formula is C9H16N2O2. The van der Waals surface area contributed by atoms with Gasteiger partial charge in [0.05, 0.1) is 19.3 Å². The maximum Gasteiger partial charge on any atom is 0.232 e. The van der Waals surface area contributed by atoms with E-state index >= 15 is 0 Å². The van der Waals surface area contributed by atoms with Crippen molar-refractivity contribution in [2.45, 2.75) is 26.8 Å². The van der Waals surface area contributed by atoms with E-state index in [4.69, 9.17) is 9.84 Å². The number of nitrogens with zero attached hydrogens (tertiary/aromatic N) is 2. The standard InChI is InChI=1S/C9H16N2O2/c1-4-13-9-5-7(2)11(10-9)8(3)6-12/h5,8,12H,4,6H2,1-3H3/t8-/m1/s1. The van der Waals surface area contributed by atoms with Gasteiger partial charge in [-0.3, -0.25) is 4.68 Å². The summed E-state index contributed by atoms with van der Waals surface area (Å²) in [7, 11) is 0. The number of aliphatic hydroxyl groups excluding tert-OH is 1. The summed E-state index contributed by atoms with van der Waals surface area (Å²) >= 11 is 0. The first kappa shape index (κ1) is 10.1. The quantitative estimate of drug-likeness (QED) is 0.763. The maximum atomic E-state index is 8.95. The zero-order valence-electron chi connectivity index (χ0n) is 8.32. The smallest absolute Gasteiger partial charge is 0.232 e. The molecule has 0 unspecified atom stereocenters. The molecule has 0 fully saturated rings. The normalized spacial score (nSPS) is 12.9. The minimum Gasteiger partial charge on any atom is -0.477 e. The van der Waals surface area contributed by atoms with E-state index in [1.54, 1.807) is 4.68 Å². The van der Waals surface area contributed by atoms with Gasteiger partial charge in [-0.25, -0.2) is 0 Å². The number of hydrogen-bond acceptors (Lipinski definition) is 3. The number of ether oxygens (including phenoxy) is 1. The Labute approximate surface area is 78.1 Å². The number of aryl methyl sites for hydroxylation is 1. The fraction of sp³-hybridized carbons (Fsp3) is 0.667. The fourth-order valence-corrected chi connectivity index (χ4v) is 1.20. The van der Waals surface area contributed by atoms with Gasteiger partial charge in [-0.2, -0.15) is 0 Å². The first-order valence-corrected chi connectivity index (χ1v) is 4.48. The molecule has 0 saturated carbocycles. The van der Waals surface area contributed by atoms with Gasteiger partial charge < -0.3 is 9.84 Å². The van der Waals surface area contributed by atoms with Gasteiger partial charge in [0.25, 0.3) is 0 Å². The van der Waals surface area contributed by atoms with E-state index in [0.717, 1.165) is 5.69 Å². The topological polar surface area (TPSA) is 47.3 Å². The third-order valence-corrected chi connectivity index (χ3v) is 1.87. The molecular weight excluding hydrogens is 168 g/mol. The van der Waals surface area contributed by atoms with Crippen molar-refractivity contribution >= 4 is 0 Å². The van der Waals surface area contributed by atoms with E-state index in [0.29, 0.717) is 12.5 Å². The summed E-state index contributed by atoms with van der Waals surface area (Å²) in [5.41, 5.74) is 1.00. The third-order valence-electron chi connectivity index (χ3n) is 1.87. The molecule has 0 radical (unpaired) electrons. The molecule has 0 aliphatic heterocycles. The van der Waals surface area contributed by atoms with Crippen LogP contribution in [0.15, 0.2) is 6.07 Å². The minimum atomic E-state index is 0.00852. The van der Waals surface area contributed by atoms with E-state index in [-0.39, 0.29) is 12.6 Å². The number of hydrogen-bond donors (Lipinski definition) is 1. The van der Waals surface area contributed by atoms with Crippen LogP contribution in [0.1, 0.15) is 25.6 Å². The molecule has 1 aromatic heterocycles. The van der Waals surface area contributed by atoms with Gasteiger partial charge in [-0.05, 0) is 20.8 Å². The van der Waals surface area contributed by atoms with Gasteiger partial charge >= 0.3 is 0 Å². The Morgan fingerprint density at radius 1 is 1.69 bits per heavy atom. The van der Waals surface area contributed by atoms with E-state index < -0.39 is 0 Å². The van der Waals surface area contributed by atoms with E-state index in [9.17, 15) is 0 Å². The van der Waals surface area contributed by atoms with Crippen molar-refractivity contribution in [2.75, 3.05) is 13.2 Å². The van der Waals surface area contributed by atoms with Crippen LogP contribution in [0.3, 0.4) is 0 Å². The Morgan fingerprint density at radius 2 is 2.38 bits per heavy atom. The Balaban J connectivity index is 2.82. The van der Waals surface area contributed by atoms with Crippen molar-refractivity contribution in [1.29, 1.82) is 0 Å². The monoisotopic (exact) mass is 184 g/mol. The van der Waals surface area contributed by atoms with E-state index in [1.807, 2.05) is 26.8 Å². The van der Waals surface area contributed by atoms with Crippen LogP contribution in [0.25, 0.3) is 0 Å². The van der Waals surface area contributed by atoms with Crippen molar-refractivity contribution < 1.29 is 9.84 Å². The predicted octanol–water partition coefficient (Wildman–Crippen LogP) is 1.14. The van der Waals surface area contributed by atoms with Crippen molar-refractivity contribution in [3.8, 4) is 5.88 Å². The highest BCUT2D eigenvalue weighted by Crippen LogP contribution is 2.15. The summed E-state index contributed by atoms with van der Waals surface area (Å²) in [5.74, 6) is 0.625. The second-order valence-corrected chi connectivity index (χ2v) is 3.03. The van der Waals surface area contributed by atoms with Crippen LogP contribution in [0.4, 0.5) is 0 Å². The highest BCUT2D eigenvalue weighted by atomic mass is 16.5. The molecule has 0 aliphatic rings. The Morgan fingerprint density at radius 3 is 2.92 bits per heavy atom. The average molecular weight is 184 g/mol. The Kier molecular flexibility index (Phi) is 3.31. The fourth-order valence-electron chi connectivity index (χ4n) is 1.20. The van der Waals surface area contributed by atoms with Gasteiger partial charge in [0.1, 0.15) is 0 Å². The lowest BCUT2D eigenvalue weighted by Crippen LogP contribution is -2.12. The molecule has 1 atom stereocenters. The summed E-state index contributed by atoms with van der Waals surface area (Å²) in [4.78, 5) is 0. The number of aromatic nitrogens is 2. The molecule has 13 heavy (non-hydrogen) atoms. The van der Waals surface area contributed by atoms with E-state index in [2.05, 4.69) is 5.10 Å². The number of rotatable bonds is 4. The molecule has 0 saturated heterocycles. The highest BCUT2D eigenvalue weighted by molar-refractivity contribution is 5.14. The summed E-state index contributed by atoms with van der Waals surface area (Å²) in [6.45, 7) is 6.49. The van der Waals surface area contributed by atoms with Crippen LogP contribution in [-0.2, 0) is 0 Å². The molecule has 0 aromatic carbocycles. The molecule has 74 valence electrons. The maximum absolute atomic E-state index is 8.95. The molecule has 0 amide bonds. The second-order valence-electron chi connectivity index (χ2n) is 3.03. The first-order valence-electron chi connectivity index (χ1n) is 4.48. The third kappa shape index (κ3) is 2.21. The van der Waals surface area contributed by atoms with Gasteiger partial charge in [0, 0.05) is 11.8 Å². The predicted molar refractivity (Wildman–Crippen MR) is 49.9 cm³/mol. The molecule has 4 heteroatoms. The van der Waals surface area contributed by atoms with Crippen LogP contribution in [0.2, 0.25) is 0 Å². The summed E-state index contributed by atoms with van der Waals surface area (Å²) in [5, 5.41) is 13.2. The van der Waals surface area contributed by atoms with Gasteiger partial charge in [0.2, 0.25) is 5.88 Å². The van der Waals surface area contributed by atoms with Gasteiger partial charge in [-0.1, -0.05) is 0 Å². The highest BCUT2D eigenvalue weighted by Gasteiger charge is 2.09. The lowest BCUT2D eigenvalue weighted by Gasteiger charge is -2.09. The molecule has 1 heterocycles. The molecule has 0 bridgehead atoms. The van der Waals surface area contributed by atoms with Crippen LogP contribution in [0, 0.1) is 6.92 Å². The summed E-state index contributed by atoms with van der Waals surface area (Å²) < 4.78 is 7.02.